The van der Waals surface area contributed by atoms with Crippen molar-refractivity contribution in [2.75, 3.05) is 0 Å². The first-order valence-electron chi connectivity index (χ1n) is 3.51. The number of nitrogens with two attached hydrogens (primary N) is 1. The van der Waals surface area contributed by atoms with E-state index in [2.05, 4.69) is 4.98 Å². The molecule has 1 rings (SSSR count). The highest BCUT2D eigenvalue weighted by Gasteiger charge is 2.18. The molecule has 0 aliphatic rings. The third-order valence-corrected chi connectivity index (χ3v) is 2.03. The molecule has 66 valence electrons. The van der Waals surface area contributed by atoms with Crippen LogP contribution in [0.15, 0.2) is 12.3 Å². The second-order valence-corrected chi connectivity index (χ2v) is 4.00. The molecule has 0 fully saturated rings. The van der Waals surface area contributed by atoms with Gasteiger partial charge >= 0.3 is 0 Å². The molecule has 4 heteroatoms. The van der Waals surface area contributed by atoms with E-state index in [1.54, 1.807) is 12.3 Å². The van der Waals surface area contributed by atoms with E-state index in [0.717, 1.165) is 5.56 Å². The fraction of sp³-hybridized carbons (Fsp3) is 0.375. The van der Waals surface area contributed by atoms with E-state index in [9.17, 15) is 0 Å². The normalized spacial score (nSPS) is 11.8. The van der Waals surface area contributed by atoms with Crippen molar-refractivity contribution in [3.63, 3.8) is 0 Å². The summed E-state index contributed by atoms with van der Waals surface area (Å²) in [7, 11) is 0. The number of hydrogen-bond acceptors (Lipinski definition) is 2. The van der Waals surface area contributed by atoms with Gasteiger partial charge < -0.3 is 5.73 Å². The van der Waals surface area contributed by atoms with Crippen LogP contribution in [0.3, 0.4) is 0 Å². The molecule has 0 aliphatic carbocycles. The van der Waals surface area contributed by atoms with Crippen molar-refractivity contribution in [1.29, 1.82) is 0 Å². The van der Waals surface area contributed by atoms with Gasteiger partial charge in [0.15, 0.2) is 0 Å². The summed E-state index contributed by atoms with van der Waals surface area (Å²) in [5.74, 6) is 0. The van der Waals surface area contributed by atoms with E-state index < -0.39 is 5.54 Å². The Balaban J connectivity index is 3.19. The van der Waals surface area contributed by atoms with Crippen molar-refractivity contribution in [2.24, 2.45) is 5.73 Å². The second kappa shape index (κ2) is 3.21. The van der Waals surface area contributed by atoms with E-state index in [1.165, 1.54) is 0 Å². The molecular weight excluding hydrogens is 195 g/mol. The fourth-order valence-electron chi connectivity index (χ4n) is 0.882. The van der Waals surface area contributed by atoms with Crippen LogP contribution < -0.4 is 5.73 Å². The molecule has 1 heterocycles. The highest BCUT2D eigenvalue weighted by molar-refractivity contribution is 6.34. The Morgan fingerprint density at radius 3 is 2.42 bits per heavy atom. The highest BCUT2D eigenvalue weighted by Crippen LogP contribution is 2.26. The Labute approximate surface area is 81.7 Å². The Hall–Kier alpha value is -0.310. The van der Waals surface area contributed by atoms with Gasteiger partial charge in [-0.1, -0.05) is 23.2 Å². The smallest absolute Gasteiger partial charge is 0.130 e. The molecule has 12 heavy (non-hydrogen) atoms. The van der Waals surface area contributed by atoms with Crippen molar-refractivity contribution < 1.29 is 0 Å². The van der Waals surface area contributed by atoms with Crippen molar-refractivity contribution >= 4 is 23.2 Å². The third-order valence-electron chi connectivity index (χ3n) is 1.51. The van der Waals surface area contributed by atoms with E-state index in [1.807, 2.05) is 13.8 Å². The molecular formula is C8H10Cl2N2. The quantitative estimate of drug-likeness (QED) is 0.715. The minimum Gasteiger partial charge on any atom is -0.322 e. The topological polar surface area (TPSA) is 38.9 Å². The van der Waals surface area contributed by atoms with Crippen molar-refractivity contribution in [3.05, 3.63) is 28.0 Å². The summed E-state index contributed by atoms with van der Waals surface area (Å²) < 4.78 is 0. The van der Waals surface area contributed by atoms with Gasteiger partial charge in [0, 0.05) is 17.3 Å². The van der Waals surface area contributed by atoms with Gasteiger partial charge in [0.1, 0.15) is 5.15 Å². The van der Waals surface area contributed by atoms with Crippen LogP contribution in [-0.2, 0) is 5.54 Å². The van der Waals surface area contributed by atoms with Crippen LogP contribution in [0.4, 0.5) is 0 Å². The van der Waals surface area contributed by atoms with Gasteiger partial charge in [-0.05, 0) is 19.9 Å². The minimum absolute atomic E-state index is 0.382. The summed E-state index contributed by atoms with van der Waals surface area (Å²) in [5.41, 5.74) is 6.16. The van der Waals surface area contributed by atoms with Crippen LogP contribution in [0, 0.1) is 0 Å². The Bertz CT molecular complexity index is 292. The zero-order chi connectivity index (χ0) is 9.35. The van der Waals surface area contributed by atoms with Crippen molar-refractivity contribution in [3.8, 4) is 0 Å². The van der Waals surface area contributed by atoms with Crippen LogP contribution in [0.1, 0.15) is 19.4 Å². The minimum atomic E-state index is -0.478. The Kier molecular flexibility index (Phi) is 2.61. The molecule has 0 radical (unpaired) electrons. The largest absolute Gasteiger partial charge is 0.322 e. The Morgan fingerprint density at radius 2 is 2.00 bits per heavy atom. The molecule has 0 atom stereocenters. The van der Waals surface area contributed by atoms with Crippen LogP contribution in [0.25, 0.3) is 0 Å². The molecule has 0 aromatic carbocycles. The number of nitrogens with zero attached hydrogens (tertiary/aromatic N) is 1. The first-order chi connectivity index (χ1) is 5.41. The molecule has 0 saturated heterocycles. The maximum absolute atomic E-state index is 5.91. The SMILES string of the molecule is CC(C)(N)c1cnc(Cl)cc1Cl. The molecule has 0 unspecified atom stereocenters. The average molecular weight is 205 g/mol. The summed E-state index contributed by atoms with van der Waals surface area (Å²) in [6.07, 6.45) is 1.60. The van der Waals surface area contributed by atoms with Gasteiger partial charge in [-0.25, -0.2) is 4.98 Å². The lowest BCUT2D eigenvalue weighted by Gasteiger charge is -2.19. The summed E-state index contributed by atoms with van der Waals surface area (Å²) in [5, 5.41) is 0.940. The lowest BCUT2D eigenvalue weighted by molar-refractivity contribution is 0.552. The van der Waals surface area contributed by atoms with Gasteiger partial charge in [0.25, 0.3) is 0 Å². The number of hydrogen-bond donors (Lipinski definition) is 1. The van der Waals surface area contributed by atoms with E-state index >= 15 is 0 Å². The predicted octanol–water partition coefficient (Wildman–Crippen LogP) is 2.58. The monoisotopic (exact) mass is 204 g/mol. The molecule has 1 aromatic heterocycles. The van der Waals surface area contributed by atoms with Gasteiger partial charge in [-0.15, -0.1) is 0 Å². The van der Waals surface area contributed by atoms with Crippen LogP contribution in [0.5, 0.6) is 0 Å². The lowest BCUT2D eigenvalue weighted by Crippen LogP contribution is -2.29. The van der Waals surface area contributed by atoms with Crippen LogP contribution in [0.2, 0.25) is 10.2 Å². The molecule has 0 aliphatic heterocycles. The molecule has 1 aromatic rings. The summed E-state index contributed by atoms with van der Waals surface area (Å²) in [6.45, 7) is 3.73. The number of aromatic nitrogens is 1. The zero-order valence-electron chi connectivity index (χ0n) is 6.94. The van der Waals surface area contributed by atoms with Crippen molar-refractivity contribution in [1.82, 2.24) is 4.98 Å². The molecule has 0 saturated carbocycles. The summed E-state index contributed by atoms with van der Waals surface area (Å²) in [6, 6.07) is 1.59. The van der Waals surface area contributed by atoms with Crippen molar-refractivity contribution in [2.45, 2.75) is 19.4 Å². The van der Waals surface area contributed by atoms with Gasteiger partial charge in [0.05, 0.1) is 5.02 Å². The molecule has 0 spiro atoms. The first kappa shape index (κ1) is 9.78. The molecule has 0 bridgehead atoms. The molecule has 2 N–H and O–H groups in total. The number of halogens is 2. The van der Waals surface area contributed by atoms with E-state index in [-0.39, 0.29) is 0 Å². The van der Waals surface area contributed by atoms with Gasteiger partial charge in [-0.2, -0.15) is 0 Å². The maximum Gasteiger partial charge on any atom is 0.130 e. The van der Waals surface area contributed by atoms with Gasteiger partial charge in [0.2, 0.25) is 0 Å². The van der Waals surface area contributed by atoms with E-state index in [4.69, 9.17) is 28.9 Å². The Morgan fingerprint density at radius 1 is 1.42 bits per heavy atom. The fourth-order valence-corrected chi connectivity index (χ4v) is 1.49. The maximum atomic E-state index is 5.91. The standard InChI is InChI=1S/C8H10Cl2N2/c1-8(2,11)5-4-12-7(10)3-6(5)9/h3-4H,11H2,1-2H3. The van der Waals surface area contributed by atoms with Gasteiger partial charge in [-0.3, -0.25) is 0 Å². The number of pyridine rings is 1. The van der Waals surface area contributed by atoms with Crippen LogP contribution >= 0.6 is 23.2 Å². The molecule has 2 nitrogen and oxygen atoms in total. The summed E-state index contributed by atoms with van der Waals surface area (Å²) in [4.78, 5) is 3.91. The number of rotatable bonds is 1. The third kappa shape index (κ3) is 2.09. The molecule has 0 amide bonds. The first-order valence-corrected chi connectivity index (χ1v) is 4.27. The zero-order valence-corrected chi connectivity index (χ0v) is 8.45. The predicted molar refractivity (Wildman–Crippen MR) is 51.5 cm³/mol. The van der Waals surface area contributed by atoms with Crippen LogP contribution in [-0.4, -0.2) is 4.98 Å². The lowest BCUT2D eigenvalue weighted by atomic mass is 9.98. The average Bonchev–Trinajstić information content (AvgIpc) is 1.83. The highest BCUT2D eigenvalue weighted by atomic mass is 35.5. The summed E-state index contributed by atoms with van der Waals surface area (Å²) >= 11 is 11.5. The van der Waals surface area contributed by atoms with E-state index in [0.29, 0.717) is 10.2 Å². The second-order valence-electron chi connectivity index (χ2n) is 3.21.